The van der Waals surface area contributed by atoms with Crippen LogP contribution in [0.3, 0.4) is 0 Å². The first-order valence-corrected chi connectivity index (χ1v) is 11.9. The lowest BCUT2D eigenvalue weighted by Crippen LogP contribution is -2.62. The predicted octanol–water partition coefficient (Wildman–Crippen LogP) is 4.64. The summed E-state index contributed by atoms with van der Waals surface area (Å²) in [5.74, 6) is -1.04. The SMILES string of the molecule is CCC[C@@]1([C@@H](NC(=O)OCC2c3ccccc3-c3ccccc32)C(=O)O)CCC[N+](C)(C)C1. The molecule has 6 nitrogen and oxygen atoms in total. The highest BCUT2D eigenvalue weighted by Gasteiger charge is 2.50. The zero-order valence-electron chi connectivity index (χ0n) is 19.8. The van der Waals surface area contributed by atoms with Crippen LogP contribution < -0.4 is 5.32 Å². The summed E-state index contributed by atoms with van der Waals surface area (Å²) in [5.41, 5.74) is 4.11. The fourth-order valence-corrected chi connectivity index (χ4v) is 6.19. The molecule has 0 spiro atoms. The molecule has 2 aliphatic rings. The lowest BCUT2D eigenvalue weighted by Gasteiger charge is -2.48. The maximum absolute atomic E-state index is 12.9. The summed E-state index contributed by atoms with van der Waals surface area (Å²) in [6.45, 7) is 3.99. The zero-order valence-corrected chi connectivity index (χ0v) is 19.8. The van der Waals surface area contributed by atoms with Crippen LogP contribution >= 0.6 is 0 Å². The molecule has 1 aliphatic carbocycles. The molecule has 33 heavy (non-hydrogen) atoms. The maximum atomic E-state index is 12.9. The van der Waals surface area contributed by atoms with Gasteiger partial charge in [0.25, 0.3) is 0 Å². The molecule has 0 bridgehead atoms. The number of hydrogen-bond donors (Lipinski definition) is 2. The van der Waals surface area contributed by atoms with Gasteiger partial charge in [-0.2, -0.15) is 0 Å². The van der Waals surface area contributed by atoms with Crippen LogP contribution in [0.1, 0.15) is 49.7 Å². The molecule has 0 saturated carbocycles. The highest BCUT2D eigenvalue weighted by Crippen LogP contribution is 2.44. The van der Waals surface area contributed by atoms with Crippen LogP contribution in [0.2, 0.25) is 0 Å². The Kier molecular flexibility index (Phi) is 6.48. The lowest BCUT2D eigenvalue weighted by atomic mass is 9.70. The minimum absolute atomic E-state index is 0.0543. The number of quaternary nitrogens is 1. The normalized spacial score (nSPS) is 22.2. The minimum Gasteiger partial charge on any atom is -0.480 e. The van der Waals surface area contributed by atoms with Gasteiger partial charge in [0.15, 0.2) is 0 Å². The van der Waals surface area contributed by atoms with Crippen molar-refractivity contribution < 1.29 is 23.9 Å². The summed E-state index contributed by atoms with van der Waals surface area (Å²) < 4.78 is 6.43. The van der Waals surface area contributed by atoms with Crippen LogP contribution in [0.25, 0.3) is 11.1 Å². The molecule has 0 unspecified atom stereocenters. The Hall–Kier alpha value is -2.86. The molecule has 2 N–H and O–H groups in total. The second kappa shape index (κ2) is 9.18. The molecule has 2 aromatic carbocycles. The average molecular weight is 452 g/mol. The average Bonchev–Trinajstić information content (AvgIpc) is 3.09. The van der Waals surface area contributed by atoms with E-state index in [4.69, 9.17) is 4.74 Å². The second-order valence-electron chi connectivity index (χ2n) is 10.3. The van der Waals surface area contributed by atoms with Crippen molar-refractivity contribution in [2.75, 3.05) is 33.8 Å². The molecule has 1 amide bonds. The van der Waals surface area contributed by atoms with E-state index in [-0.39, 0.29) is 12.5 Å². The van der Waals surface area contributed by atoms with Gasteiger partial charge >= 0.3 is 12.1 Å². The summed E-state index contributed by atoms with van der Waals surface area (Å²) >= 11 is 0. The molecular weight excluding hydrogens is 416 g/mol. The monoisotopic (exact) mass is 451 g/mol. The largest absolute Gasteiger partial charge is 0.480 e. The Bertz CT molecular complexity index is 985. The van der Waals surface area contributed by atoms with Gasteiger partial charge in [0.05, 0.1) is 32.6 Å². The number of amides is 1. The molecule has 176 valence electrons. The Morgan fingerprint density at radius 3 is 2.27 bits per heavy atom. The number of benzene rings is 2. The van der Waals surface area contributed by atoms with Gasteiger partial charge in [-0.3, -0.25) is 0 Å². The fourth-order valence-electron chi connectivity index (χ4n) is 6.19. The molecule has 2 aromatic rings. The van der Waals surface area contributed by atoms with E-state index in [1.165, 1.54) is 0 Å². The third kappa shape index (κ3) is 4.62. The van der Waals surface area contributed by atoms with E-state index in [0.717, 1.165) is 65.5 Å². The molecule has 6 heteroatoms. The molecule has 1 heterocycles. The van der Waals surface area contributed by atoms with E-state index in [1.807, 2.05) is 24.3 Å². The number of carboxylic acids is 1. The smallest absolute Gasteiger partial charge is 0.407 e. The number of carbonyl (C=O) groups excluding carboxylic acids is 1. The van der Waals surface area contributed by atoms with Crippen LogP contribution in [0.4, 0.5) is 4.79 Å². The van der Waals surface area contributed by atoms with E-state index < -0.39 is 23.5 Å². The highest BCUT2D eigenvalue weighted by atomic mass is 16.5. The van der Waals surface area contributed by atoms with Crippen LogP contribution in [0, 0.1) is 5.41 Å². The number of nitrogens with one attached hydrogen (secondary N) is 1. The number of alkyl carbamates (subject to hydrolysis) is 1. The Morgan fingerprint density at radius 1 is 1.12 bits per heavy atom. The number of fused-ring (bicyclic) bond motifs is 3. The maximum Gasteiger partial charge on any atom is 0.407 e. The van der Waals surface area contributed by atoms with Crippen molar-refractivity contribution in [1.29, 1.82) is 0 Å². The van der Waals surface area contributed by atoms with E-state index in [2.05, 4.69) is 50.6 Å². The van der Waals surface area contributed by atoms with Gasteiger partial charge in [-0.25, -0.2) is 9.59 Å². The molecule has 2 atom stereocenters. The first kappa shape index (κ1) is 23.3. The zero-order chi connectivity index (χ0) is 23.6. The molecule has 0 radical (unpaired) electrons. The molecule has 4 rings (SSSR count). The van der Waals surface area contributed by atoms with Crippen LogP contribution in [0.15, 0.2) is 48.5 Å². The van der Waals surface area contributed by atoms with Crippen LogP contribution in [-0.2, 0) is 9.53 Å². The van der Waals surface area contributed by atoms with Crippen molar-refractivity contribution in [2.24, 2.45) is 5.41 Å². The summed E-state index contributed by atoms with van der Waals surface area (Å²) in [6.07, 6.45) is 2.72. The molecule has 1 aliphatic heterocycles. The third-order valence-electron chi connectivity index (χ3n) is 7.39. The standard InChI is InChI=1S/C27H34N2O4/c1-4-14-27(15-9-16-29(2,3)18-27)24(25(30)31)28-26(32)33-17-23-21-12-7-5-10-19(21)20-11-6-8-13-22(20)23/h5-8,10-13,23-24H,4,9,14-18H2,1-3H3,(H-,28,30,31,32)/p+1/t24-,27+/m0/s1. The van der Waals surface area contributed by atoms with Gasteiger partial charge < -0.3 is 19.6 Å². The molecular formula is C27H35N2O4+. The number of carboxylic acid groups (broad SMARTS) is 1. The number of rotatable bonds is 7. The first-order valence-electron chi connectivity index (χ1n) is 11.9. The highest BCUT2D eigenvalue weighted by molar-refractivity contribution is 5.81. The second-order valence-corrected chi connectivity index (χ2v) is 10.3. The van der Waals surface area contributed by atoms with E-state index in [9.17, 15) is 14.7 Å². The Morgan fingerprint density at radius 2 is 1.73 bits per heavy atom. The van der Waals surface area contributed by atoms with E-state index in [1.54, 1.807) is 0 Å². The Balaban J connectivity index is 1.50. The number of hydrogen-bond acceptors (Lipinski definition) is 3. The number of piperidine rings is 1. The lowest BCUT2D eigenvalue weighted by molar-refractivity contribution is -0.903. The van der Waals surface area contributed by atoms with E-state index >= 15 is 0 Å². The molecule has 1 saturated heterocycles. The van der Waals surface area contributed by atoms with Crippen LogP contribution in [0.5, 0.6) is 0 Å². The number of carbonyl (C=O) groups is 2. The van der Waals surface area contributed by atoms with Crippen molar-refractivity contribution in [2.45, 2.75) is 44.6 Å². The van der Waals surface area contributed by atoms with E-state index in [0.29, 0.717) is 0 Å². The summed E-state index contributed by atoms with van der Waals surface area (Å²) in [6, 6.07) is 15.4. The quantitative estimate of drug-likeness (QED) is 0.602. The Labute approximate surface area is 196 Å². The summed E-state index contributed by atoms with van der Waals surface area (Å²) in [4.78, 5) is 25.2. The van der Waals surface area contributed by atoms with Crippen LogP contribution in [-0.4, -0.2) is 61.5 Å². The minimum atomic E-state index is -0.987. The topological polar surface area (TPSA) is 75.6 Å². The fraction of sp³-hybridized carbons (Fsp3) is 0.481. The molecule has 1 fully saturated rings. The van der Waals surface area contributed by atoms with Gasteiger partial charge in [0.1, 0.15) is 12.6 Å². The predicted molar refractivity (Wildman–Crippen MR) is 128 cm³/mol. The van der Waals surface area contributed by atoms with Crippen molar-refractivity contribution in [3.05, 3.63) is 59.7 Å². The van der Waals surface area contributed by atoms with Gasteiger partial charge in [-0.05, 0) is 41.5 Å². The number of aliphatic carboxylic acids is 1. The first-order chi connectivity index (χ1) is 15.8. The summed E-state index contributed by atoms with van der Waals surface area (Å²) in [5, 5.41) is 12.9. The van der Waals surface area contributed by atoms with Crippen molar-refractivity contribution in [3.63, 3.8) is 0 Å². The van der Waals surface area contributed by atoms with Crippen molar-refractivity contribution in [3.8, 4) is 11.1 Å². The third-order valence-corrected chi connectivity index (χ3v) is 7.39. The molecule has 0 aromatic heterocycles. The van der Waals surface area contributed by atoms with Gasteiger partial charge in [0, 0.05) is 5.92 Å². The van der Waals surface area contributed by atoms with Gasteiger partial charge in [-0.1, -0.05) is 61.9 Å². The van der Waals surface area contributed by atoms with Gasteiger partial charge in [-0.15, -0.1) is 0 Å². The number of nitrogens with zero attached hydrogens (tertiary/aromatic N) is 1. The summed E-state index contributed by atoms with van der Waals surface area (Å²) in [7, 11) is 4.27. The number of likely N-dealkylation sites (tertiary alicyclic amines) is 1. The van der Waals surface area contributed by atoms with Crippen molar-refractivity contribution in [1.82, 2.24) is 5.32 Å². The number of ether oxygens (including phenoxy) is 1. The van der Waals surface area contributed by atoms with Gasteiger partial charge in [0.2, 0.25) is 0 Å². The van der Waals surface area contributed by atoms with Crippen molar-refractivity contribution >= 4 is 12.1 Å².